The third-order valence-corrected chi connectivity index (χ3v) is 2.80. The fraction of sp³-hybridized carbons (Fsp3) is 0.818. The average Bonchev–Trinajstić information content (AvgIpc) is 2.29. The van der Waals surface area contributed by atoms with E-state index < -0.39 is 27.8 Å². The number of ether oxygens (including phenoxy) is 2. The van der Waals surface area contributed by atoms with Gasteiger partial charge in [0.15, 0.2) is 6.04 Å². The topological polar surface area (TPSA) is 84.9 Å². The van der Waals surface area contributed by atoms with Gasteiger partial charge in [0.25, 0.3) is 9.70 Å². The molecule has 0 bridgehead atoms. The van der Waals surface area contributed by atoms with Gasteiger partial charge in [-0.25, -0.2) is 4.79 Å². The van der Waals surface area contributed by atoms with Crippen LogP contribution in [0.25, 0.3) is 0 Å². The SMILES string of the molecule is COCO[C@@H](CC(C)C)[C@H](NC(=O)C(Cl)(Cl)Cl)C(=O)O. The molecule has 0 radical (unpaired) electrons. The van der Waals surface area contributed by atoms with Gasteiger partial charge < -0.3 is 19.9 Å². The number of nitrogens with one attached hydrogen (secondary N) is 1. The van der Waals surface area contributed by atoms with E-state index in [0.29, 0.717) is 6.42 Å². The minimum atomic E-state index is -2.24. The Morgan fingerprint density at radius 2 is 1.85 bits per heavy atom. The van der Waals surface area contributed by atoms with Crippen molar-refractivity contribution in [1.29, 1.82) is 0 Å². The van der Waals surface area contributed by atoms with E-state index >= 15 is 0 Å². The zero-order valence-electron chi connectivity index (χ0n) is 11.4. The highest BCUT2D eigenvalue weighted by molar-refractivity contribution is 6.76. The predicted octanol–water partition coefficient (Wildman–Crippen LogP) is 1.96. The monoisotopic (exact) mass is 349 g/mol. The van der Waals surface area contributed by atoms with Crippen molar-refractivity contribution >= 4 is 46.7 Å². The van der Waals surface area contributed by atoms with Crippen LogP contribution in [0, 0.1) is 5.92 Å². The summed E-state index contributed by atoms with van der Waals surface area (Å²) in [5.41, 5.74) is 0. The molecule has 0 aliphatic rings. The lowest BCUT2D eigenvalue weighted by molar-refractivity contribution is -0.151. The highest BCUT2D eigenvalue weighted by Gasteiger charge is 2.37. The number of methoxy groups -OCH3 is 1. The van der Waals surface area contributed by atoms with Gasteiger partial charge in [-0.15, -0.1) is 0 Å². The van der Waals surface area contributed by atoms with Crippen LogP contribution in [0.5, 0.6) is 0 Å². The summed E-state index contributed by atoms with van der Waals surface area (Å²) in [5.74, 6) is -2.16. The number of carbonyl (C=O) groups excluding carboxylic acids is 1. The molecule has 2 atom stereocenters. The van der Waals surface area contributed by atoms with E-state index in [1.807, 2.05) is 13.8 Å². The van der Waals surface area contributed by atoms with Gasteiger partial charge in [0.1, 0.15) is 6.79 Å². The van der Waals surface area contributed by atoms with Gasteiger partial charge in [0.2, 0.25) is 0 Å². The van der Waals surface area contributed by atoms with E-state index in [4.69, 9.17) is 44.3 Å². The van der Waals surface area contributed by atoms with E-state index in [0.717, 1.165) is 0 Å². The summed E-state index contributed by atoms with van der Waals surface area (Å²) in [6.07, 6.45) is -0.413. The second-order valence-electron chi connectivity index (χ2n) is 4.53. The lowest BCUT2D eigenvalue weighted by Gasteiger charge is -2.27. The Labute approximate surface area is 132 Å². The summed E-state index contributed by atoms with van der Waals surface area (Å²) in [6.45, 7) is 3.67. The molecule has 9 heteroatoms. The highest BCUT2D eigenvalue weighted by Crippen LogP contribution is 2.26. The Hall–Kier alpha value is -0.270. The van der Waals surface area contributed by atoms with Crippen LogP contribution in [0.4, 0.5) is 0 Å². The van der Waals surface area contributed by atoms with Gasteiger partial charge in [-0.1, -0.05) is 48.7 Å². The first kappa shape index (κ1) is 19.7. The first-order valence-corrected chi connectivity index (χ1v) is 6.94. The normalized spacial score (nSPS) is 14.9. The van der Waals surface area contributed by atoms with E-state index in [9.17, 15) is 14.7 Å². The Morgan fingerprint density at radius 1 is 1.30 bits per heavy atom. The molecule has 0 saturated heterocycles. The quantitative estimate of drug-likeness (QED) is 0.516. The number of carboxylic acids is 1. The maximum Gasteiger partial charge on any atom is 0.328 e. The van der Waals surface area contributed by atoms with Crippen LogP contribution in [-0.2, 0) is 19.1 Å². The van der Waals surface area contributed by atoms with Gasteiger partial charge >= 0.3 is 5.97 Å². The van der Waals surface area contributed by atoms with Crippen LogP contribution in [-0.4, -0.2) is 46.8 Å². The third-order valence-electron chi connectivity index (χ3n) is 2.29. The van der Waals surface area contributed by atoms with E-state index in [2.05, 4.69) is 5.32 Å². The molecule has 118 valence electrons. The lowest BCUT2D eigenvalue weighted by Crippen LogP contribution is -2.53. The van der Waals surface area contributed by atoms with E-state index in [1.54, 1.807) is 0 Å². The van der Waals surface area contributed by atoms with Gasteiger partial charge in [0, 0.05) is 7.11 Å². The molecule has 6 nitrogen and oxygen atoms in total. The summed E-state index contributed by atoms with van der Waals surface area (Å²) in [7, 11) is 1.40. The summed E-state index contributed by atoms with van der Waals surface area (Å²) in [6, 6.07) is -1.34. The van der Waals surface area contributed by atoms with Crippen LogP contribution in [0.15, 0.2) is 0 Å². The molecular weight excluding hydrogens is 332 g/mol. The lowest BCUT2D eigenvalue weighted by atomic mass is 10.00. The maximum absolute atomic E-state index is 11.6. The average molecular weight is 351 g/mol. The van der Waals surface area contributed by atoms with Crippen LogP contribution in [0.1, 0.15) is 20.3 Å². The van der Waals surface area contributed by atoms with Crippen molar-refractivity contribution in [2.45, 2.75) is 36.2 Å². The number of amides is 1. The third kappa shape index (κ3) is 7.50. The molecule has 0 spiro atoms. The molecule has 0 unspecified atom stereocenters. The van der Waals surface area contributed by atoms with Crippen molar-refractivity contribution in [3.63, 3.8) is 0 Å². The second-order valence-corrected chi connectivity index (χ2v) is 6.81. The molecule has 20 heavy (non-hydrogen) atoms. The maximum atomic E-state index is 11.6. The molecule has 0 aromatic heterocycles. The first-order valence-electron chi connectivity index (χ1n) is 5.80. The van der Waals surface area contributed by atoms with Crippen LogP contribution in [0.3, 0.4) is 0 Å². The second kappa shape index (κ2) is 8.89. The van der Waals surface area contributed by atoms with Gasteiger partial charge in [0.05, 0.1) is 6.10 Å². The van der Waals surface area contributed by atoms with Gasteiger partial charge in [-0.2, -0.15) is 0 Å². The minimum Gasteiger partial charge on any atom is -0.480 e. The van der Waals surface area contributed by atoms with Gasteiger partial charge in [-0.05, 0) is 12.3 Å². The van der Waals surface area contributed by atoms with Crippen molar-refractivity contribution in [2.24, 2.45) is 5.92 Å². The zero-order chi connectivity index (χ0) is 15.9. The Kier molecular flexibility index (Phi) is 8.77. The fourth-order valence-electron chi connectivity index (χ4n) is 1.46. The molecule has 0 rings (SSSR count). The number of halogens is 3. The molecule has 0 heterocycles. The minimum absolute atomic E-state index is 0.106. The molecule has 0 aromatic carbocycles. The zero-order valence-corrected chi connectivity index (χ0v) is 13.6. The predicted molar refractivity (Wildman–Crippen MR) is 76.1 cm³/mol. The first-order chi connectivity index (χ1) is 9.09. The number of hydrogen-bond donors (Lipinski definition) is 2. The van der Waals surface area contributed by atoms with Crippen LogP contribution in [0.2, 0.25) is 0 Å². The number of carbonyl (C=O) groups is 2. The summed E-state index contributed by atoms with van der Waals surface area (Å²) in [5, 5.41) is 11.4. The Bertz CT molecular complexity index is 333. The smallest absolute Gasteiger partial charge is 0.328 e. The molecule has 2 N–H and O–H groups in total. The Balaban J connectivity index is 4.97. The molecule has 0 aromatic rings. The fourth-order valence-corrected chi connectivity index (χ4v) is 1.62. The molecule has 0 aliphatic carbocycles. The summed E-state index contributed by atoms with van der Waals surface area (Å²) >= 11 is 16.2. The van der Waals surface area contributed by atoms with Crippen molar-refractivity contribution in [1.82, 2.24) is 5.32 Å². The van der Waals surface area contributed by atoms with E-state index in [1.165, 1.54) is 7.11 Å². The highest BCUT2D eigenvalue weighted by atomic mass is 35.6. The number of rotatable bonds is 8. The van der Waals surface area contributed by atoms with E-state index in [-0.39, 0.29) is 12.7 Å². The molecular formula is C11H18Cl3NO5. The van der Waals surface area contributed by atoms with Crippen molar-refractivity contribution in [3.05, 3.63) is 0 Å². The largest absolute Gasteiger partial charge is 0.480 e. The van der Waals surface area contributed by atoms with Gasteiger partial charge in [-0.3, -0.25) is 4.79 Å². The van der Waals surface area contributed by atoms with Crippen LogP contribution >= 0.6 is 34.8 Å². The Morgan fingerprint density at radius 3 is 2.20 bits per heavy atom. The van der Waals surface area contributed by atoms with Crippen molar-refractivity contribution in [2.75, 3.05) is 13.9 Å². The number of hydrogen-bond acceptors (Lipinski definition) is 4. The van der Waals surface area contributed by atoms with Crippen molar-refractivity contribution in [3.8, 4) is 0 Å². The molecule has 0 saturated carbocycles. The standard InChI is InChI=1S/C11H18Cl3NO5/c1-6(2)4-7(20-5-19-3)8(9(16)17)15-10(18)11(12,13)14/h6-8H,4-5H2,1-3H3,(H,15,18)(H,16,17)/t7-,8-/m0/s1. The summed E-state index contributed by atoms with van der Waals surface area (Å²) < 4.78 is 7.80. The van der Waals surface area contributed by atoms with Crippen LogP contribution < -0.4 is 5.32 Å². The van der Waals surface area contributed by atoms with Crippen molar-refractivity contribution < 1.29 is 24.2 Å². The molecule has 0 fully saturated rings. The molecule has 0 aliphatic heterocycles. The number of aliphatic carboxylic acids is 1. The number of alkyl halides is 3. The number of carboxylic acid groups (broad SMARTS) is 1. The molecule has 1 amide bonds. The summed E-state index contributed by atoms with van der Waals surface area (Å²) in [4.78, 5) is 22.9.